The van der Waals surface area contributed by atoms with E-state index >= 15 is 0 Å². The molecule has 45 heavy (non-hydrogen) atoms. The van der Waals surface area contributed by atoms with Crippen molar-refractivity contribution in [2.24, 2.45) is 0 Å². The van der Waals surface area contributed by atoms with Crippen LogP contribution in [0.5, 0.6) is 0 Å². The van der Waals surface area contributed by atoms with Crippen LogP contribution >= 0.6 is 27.2 Å². The number of aromatic nitrogens is 7. The van der Waals surface area contributed by atoms with Gasteiger partial charge in [0.2, 0.25) is 5.95 Å². The molecule has 21 nitrogen and oxygen atoms in total. The van der Waals surface area contributed by atoms with Crippen LogP contribution < -0.4 is 21.9 Å². The third-order valence-corrected chi connectivity index (χ3v) is 10.8. The van der Waals surface area contributed by atoms with Gasteiger partial charge in [0.15, 0.2) is 23.2 Å². The van der Waals surface area contributed by atoms with E-state index in [9.17, 15) is 23.7 Å². The van der Waals surface area contributed by atoms with Gasteiger partial charge in [-0.05, 0) is 11.5 Å². The zero-order valence-corrected chi connectivity index (χ0v) is 25.1. The van der Waals surface area contributed by atoms with Crippen LogP contribution in [0.4, 0.5) is 11.8 Å². The van der Waals surface area contributed by atoms with Crippen molar-refractivity contribution in [3.63, 3.8) is 0 Å². The van der Waals surface area contributed by atoms with E-state index in [4.69, 9.17) is 43.8 Å². The smallest absolute Gasteiger partial charge is 0.472 e. The number of nitrogens with zero attached hydrogens (tertiary/aromatic N) is 6. The Morgan fingerprint density at radius 2 is 1.96 bits per heavy atom. The Morgan fingerprint density at radius 3 is 2.80 bits per heavy atom. The summed E-state index contributed by atoms with van der Waals surface area (Å²) in [5.74, 6) is -0.0402. The van der Waals surface area contributed by atoms with E-state index in [1.165, 1.54) is 17.2 Å². The molecule has 4 aliphatic heterocycles. The summed E-state index contributed by atoms with van der Waals surface area (Å²) >= 11 is 1.04. The molecule has 2 unspecified atom stereocenters. The fourth-order valence-electron chi connectivity index (χ4n) is 5.89. The lowest BCUT2D eigenvalue weighted by atomic mass is 10.0. The van der Waals surface area contributed by atoms with Crippen LogP contribution in [0.1, 0.15) is 23.6 Å². The summed E-state index contributed by atoms with van der Waals surface area (Å²) in [6.45, 7) is -1.62. The zero-order valence-electron chi connectivity index (χ0n) is 22.5. The average Bonchev–Trinajstić information content (AvgIpc) is 3.79. The minimum absolute atomic E-state index is 0.0220. The second-order valence-corrected chi connectivity index (χ2v) is 14.3. The molecule has 2 bridgehead atoms. The molecular weight excluding hydrogens is 664 g/mol. The van der Waals surface area contributed by atoms with Gasteiger partial charge in [-0.25, -0.2) is 19.5 Å². The number of hydrogen-bond donors (Lipinski definition) is 4. The Bertz CT molecular complexity index is 1990. The number of fused-ring (bicyclic) bond motifs is 3. The molecule has 4 fully saturated rings. The van der Waals surface area contributed by atoms with Gasteiger partial charge < -0.3 is 44.5 Å². The number of hydrogen-bond acceptors (Lipinski definition) is 19. The highest BCUT2D eigenvalue weighted by Gasteiger charge is 2.65. The molecule has 24 heteroatoms. The number of rotatable bonds is 2. The molecule has 0 amide bonds. The van der Waals surface area contributed by atoms with Gasteiger partial charge in [-0.1, -0.05) is 0 Å². The predicted molar refractivity (Wildman–Crippen MR) is 146 cm³/mol. The van der Waals surface area contributed by atoms with Crippen LogP contribution in [-0.4, -0.2) is 88.6 Å². The zero-order chi connectivity index (χ0) is 31.3. The van der Waals surface area contributed by atoms with Crippen molar-refractivity contribution in [2.75, 3.05) is 31.3 Å². The quantitative estimate of drug-likeness (QED) is 0.189. The monoisotopic (exact) mass is 686 g/mol. The van der Waals surface area contributed by atoms with E-state index in [1.54, 1.807) is 0 Å². The van der Waals surface area contributed by atoms with Crippen LogP contribution in [0, 0.1) is 0 Å². The molecule has 0 aliphatic carbocycles. The summed E-state index contributed by atoms with van der Waals surface area (Å²) in [4.78, 5) is 55.4. The van der Waals surface area contributed by atoms with Crippen LogP contribution in [0.25, 0.3) is 22.2 Å². The maximum absolute atomic E-state index is 13.3. The minimum Gasteiger partial charge on any atom is -0.756 e. The van der Waals surface area contributed by atoms with Crippen molar-refractivity contribution >= 4 is 61.1 Å². The van der Waals surface area contributed by atoms with E-state index in [2.05, 4.69) is 29.3 Å². The lowest BCUT2D eigenvalue weighted by molar-refractivity contribution is -0.242. The molecule has 6 N–H and O–H groups in total. The van der Waals surface area contributed by atoms with Crippen molar-refractivity contribution in [3.05, 3.63) is 27.9 Å². The third kappa shape index (κ3) is 4.89. The predicted octanol–water partition coefficient (Wildman–Crippen LogP) is -0.734. The van der Waals surface area contributed by atoms with E-state index < -0.39 is 76.8 Å². The molecule has 240 valence electrons. The molecule has 4 aliphatic rings. The van der Waals surface area contributed by atoms with Crippen molar-refractivity contribution in [1.29, 1.82) is 0 Å². The van der Waals surface area contributed by atoms with Gasteiger partial charge in [0, 0.05) is 6.42 Å². The Balaban J connectivity index is 1.09. The van der Waals surface area contributed by atoms with Gasteiger partial charge in [0.05, 0.1) is 43.2 Å². The highest BCUT2D eigenvalue weighted by atomic mass is 32.1. The maximum Gasteiger partial charge on any atom is 0.472 e. The molecule has 0 aromatic carbocycles. The summed E-state index contributed by atoms with van der Waals surface area (Å²) in [5, 5.41) is 0. The average molecular weight is 686 g/mol. The molecule has 9 atom stereocenters. The summed E-state index contributed by atoms with van der Waals surface area (Å²) in [7, 11) is -9.96. The van der Waals surface area contributed by atoms with Gasteiger partial charge in [-0.3, -0.25) is 28.0 Å². The Morgan fingerprint density at radius 1 is 1.11 bits per heavy atom. The fourth-order valence-corrected chi connectivity index (χ4v) is 8.75. The van der Waals surface area contributed by atoms with E-state index in [-0.39, 0.29) is 36.0 Å². The lowest BCUT2D eigenvalue weighted by Crippen LogP contribution is -2.46. The second kappa shape index (κ2) is 10.3. The number of aromatic amines is 1. The summed E-state index contributed by atoms with van der Waals surface area (Å²) < 4.78 is 71.6. The van der Waals surface area contributed by atoms with Crippen LogP contribution in [0.2, 0.25) is 0 Å². The number of phosphoric ester groups is 2. The fraction of sp³-hybridized carbons (Fsp3) is 0.524. The van der Waals surface area contributed by atoms with Crippen molar-refractivity contribution < 1.29 is 51.2 Å². The van der Waals surface area contributed by atoms with Gasteiger partial charge in [-0.2, -0.15) is 9.36 Å². The minimum atomic E-state index is -5.08. The lowest BCUT2D eigenvalue weighted by Gasteiger charge is -2.35. The summed E-state index contributed by atoms with van der Waals surface area (Å²) in [6.07, 6.45) is -4.32. The number of imidazole rings is 1. The molecule has 4 saturated heterocycles. The number of nitrogens with one attached hydrogen (secondary N) is 1. The number of nitrogens with two attached hydrogens (primary N) is 2. The largest absolute Gasteiger partial charge is 0.756 e. The Kier molecular flexibility index (Phi) is 6.71. The van der Waals surface area contributed by atoms with Crippen molar-refractivity contribution in [2.45, 2.75) is 48.8 Å². The Hall–Kier alpha value is -2.98. The SMILES string of the molecule is Nc1nc2c(ncn2[C@@H]2O[C@@]34CO[C@@H]2[C@@H]3OP(=O)(O)OC[C@H]2O[C@@H](c3snc5c(N)ncnc35)C[C@@H]2OP(=O)([O-])OC4)c(=O)[nH]1. The van der Waals surface area contributed by atoms with Crippen LogP contribution in [0.15, 0.2) is 17.4 Å². The first-order valence-corrected chi connectivity index (χ1v) is 17.0. The molecule has 4 aromatic rings. The standard InChI is InChI=1S/C21H23N9O12P2S/c22-16-11-10(24-5-25-16)14(45-29-11)8-1-7-9(39-8)2-37-43(32,33)42-15-13-19(30-6-26-12-17(30)27-20(23)28-18(12)31)40-21(15,3-36-13)4-38-44(34,35)41-7/h5-9,13,15,19H,1-4H2,(H,32,33)(H,34,35)(H2,22,24,25)(H3,23,27,28,31)/p-1/t7-,8+,9+,13+,15-,19+,21+/m0/s1. The molecule has 0 saturated carbocycles. The molecule has 4 aromatic heterocycles. The molecule has 8 heterocycles. The topological polar surface area (TPSA) is 296 Å². The third-order valence-electron chi connectivity index (χ3n) is 7.89. The van der Waals surface area contributed by atoms with E-state index in [0.29, 0.717) is 15.9 Å². The van der Waals surface area contributed by atoms with Crippen molar-refractivity contribution in [1.82, 2.24) is 33.9 Å². The highest BCUT2D eigenvalue weighted by Crippen LogP contribution is 2.57. The highest BCUT2D eigenvalue weighted by molar-refractivity contribution is 7.47. The number of anilines is 2. The molecule has 0 radical (unpaired) electrons. The molecule has 8 rings (SSSR count). The number of nitrogen functional groups attached to an aromatic ring is 2. The second-order valence-electron chi connectivity index (χ2n) is 10.7. The first-order valence-electron chi connectivity index (χ1n) is 13.2. The summed E-state index contributed by atoms with van der Waals surface area (Å²) in [5.41, 5.74) is 9.97. The number of ether oxygens (including phenoxy) is 3. The number of phosphoric acid groups is 2. The van der Waals surface area contributed by atoms with E-state index in [0.717, 1.165) is 11.5 Å². The molecule has 0 spiro atoms. The first-order chi connectivity index (χ1) is 21.4. The molecular formula is C21H22N9O12P2S-. The van der Waals surface area contributed by atoms with Gasteiger partial charge in [-0.15, -0.1) is 0 Å². The number of H-pyrrole nitrogens is 1. The van der Waals surface area contributed by atoms with Crippen molar-refractivity contribution in [3.8, 4) is 0 Å². The van der Waals surface area contributed by atoms with Gasteiger partial charge in [0.1, 0.15) is 41.3 Å². The van der Waals surface area contributed by atoms with Gasteiger partial charge in [0.25, 0.3) is 13.4 Å². The van der Waals surface area contributed by atoms with E-state index in [1.807, 2.05) is 0 Å². The first kappa shape index (κ1) is 29.4. The Labute approximate surface area is 254 Å². The van der Waals surface area contributed by atoms with Crippen LogP contribution in [-0.2, 0) is 41.4 Å². The van der Waals surface area contributed by atoms with Crippen LogP contribution in [0.3, 0.4) is 0 Å². The summed E-state index contributed by atoms with van der Waals surface area (Å²) in [6, 6.07) is 0. The van der Waals surface area contributed by atoms with Gasteiger partial charge >= 0.3 is 7.82 Å². The maximum atomic E-state index is 13.3. The normalized spacial score (nSPS) is 38.6.